The van der Waals surface area contributed by atoms with Crippen molar-refractivity contribution in [2.24, 2.45) is 0 Å². The second-order valence-electron chi connectivity index (χ2n) is 5.98. The van der Waals surface area contributed by atoms with E-state index in [0.29, 0.717) is 17.5 Å². The Morgan fingerprint density at radius 3 is 2.46 bits per heavy atom. The first-order valence-electron chi connectivity index (χ1n) is 8.18. The normalized spacial score (nSPS) is 10.3. The minimum Gasteiger partial charge on any atom is -0.339 e. The number of rotatable bonds is 5. The van der Waals surface area contributed by atoms with Crippen LogP contribution in [0.1, 0.15) is 18.1 Å². The maximum atomic E-state index is 11.2. The first kappa shape index (κ1) is 17.3. The van der Waals surface area contributed by atoms with Crippen LogP contribution in [0.4, 0.5) is 28.8 Å². The molecule has 3 aromatic rings. The van der Waals surface area contributed by atoms with Gasteiger partial charge in [0, 0.05) is 24.0 Å². The van der Waals surface area contributed by atoms with E-state index in [-0.39, 0.29) is 5.91 Å². The van der Waals surface area contributed by atoms with Crippen molar-refractivity contribution >= 4 is 34.7 Å². The van der Waals surface area contributed by atoms with Gasteiger partial charge < -0.3 is 16.0 Å². The van der Waals surface area contributed by atoms with Crippen LogP contribution in [0.2, 0.25) is 0 Å². The molecule has 2 aromatic carbocycles. The molecule has 0 fully saturated rings. The van der Waals surface area contributed by atoms with Crippen LogP contribution in [0, 0.1) is 13.8 Å². The SMILES string of the molecule is CC(=O)Nc1cccc(Nc2nncc(Nc3ccc(C)c(C)c3)n2)c1. The molecule has 3 rings (SSSR count). The first-order chi connectivity index (χ1) is 12.5. The second-order valence-corrected chi connectivity index (χ2v) is 5.98. The van der Waals surface area contributed by atoms with Gasteiger partial charge in [-0.3, -0.25) is 4.79 Å². The third-order valence-corrected chi connectivity index (χ3v) is 3.78. The fourth-order valence-corrected chi connectivity index (χ4v) is 2.39. The Morgan fingerprint density at radius 2 is 1.69 bits per heavy atom. The summed E-state index contributed by atoms with van der Waals surface area (Å²) in [5.41, 5.74) is 4.82. The van der Waals surface area contributed by atoms with Gasteiger partial charge in [-0.1, -0.05) is 12.1 Å². The van der Waals surface area contributed by atoms with Crippen LogP contribution in [0.15, 0.2) is 48.7 Å². The van der Waals surface area contributed by atoms with Crippen molar-refractivity contribution in [2.45, 2.75) is 20.8 Å². The molecule has 132 valence electrons. The molecule has 0 aliphatic carbocycles. The van der Waals surface area contributed by atoms with Crippen LogP contribution in [-0.2, 0) is 4.79 Å². The summed E-state index contributed by atoms with van der Waals surface area (Å²) in [6, 6.07) is 13.4. The third-order valence-electron chi connectivity index (χ3n) is 3.78. The van der Waals surface area contributed by atoms with E-state index in [1.165, 1.54) is 18.1 Å². The Morgan fingerprint density at radius 1 is 0.923 bits per heavy atom. The molecular formula is C19H20N6O. The van der Waals surface area contributed by atoms with Crippen molar-refractivity contribution in [3.05, 3.63) is 59.8 Å². The topological polar surface area (TPSA) is 91.8 Å². The number of nitrogens with one attached hydrogen (secondary N) is 3. The molecular weight excluding hydrogens is 328 g/mol. The van der Waals surface area contributed by atoms with E-state index in [1.54, 1.807) is 12.3 Å². The Labute approximate surface area is 151 Å². The molecule has 0 atom stereocenters. The molecule has 0 aliphatic heterocycles. The average molecular weight is 348 g/mol. The molecule has 0 aliphatic rings. The third kappa shape index (κ3) is 4.54. The van der Waals surface area contributed by atoms with Crippen molar-refractivity contribution < 1.29 is 4.79 Å². The Hall–Kier alpha value is -3.48. The summed E-state index contributed by atoms with van der Waals surface area (Å²) >= 11 is 0. The number of anilines is 5. The number of aromatic nitrogens is 3. The number of nitrogens with zero attached hydrogens (tertiary/aromatic N) is 3. The van der Waals surface area contributed by atoms with Crippen LogP contribution in [-0.4, -0.2) is 21.1 Å². The van der Waals surface area contributed by atoms with Crippen LogP contribution in [0.3, 0.4) is 0 Å². The fraction of sp³-hybridized carbons (Fsp3) is 0.158. The number of amides is 1. The van der Waals surface area contributed by atoms with Crippen LogP contribution in [0.5, 0.6) is 0 Å². The highest BCUT2D eigenvalue weighted by molar-refractivity contribution is 5.89. The van der Waals surface area contributed by atoms with E-state index >= 15 is 0 Å². The van der Waals surface area contributed by atoms with Crippen LogP contribution >= 0.6 is 0 Å². The smallest absolute Gasteiger partial charge is 0.249 e. The maximum Gasteiger partial charge on any atom is 0.249 e. The second kappa shape index (κ2) is 7.60. The highest BCUT2D eigenvalue weighted by atomic mass is 16.1. The predicted octanol–water partition coefficient (Wildman–Crippen LogP) is 3.93. The van der Waals surface area contributed by atoms with Gasteiger partial charge in [0.1, 0.15) is 0 Å². The summed E-state index contributed by atoms with van der Waals surface area (Å²) < 4.78 is 0. The van der Waals surface area contributed by atoms with E-state index in [2.05, 4.69) is 57.1 Å². The van der Waals surface area contributed by atoms with E-state index in [0.717, 1.165) is 11.4 Å². The lowest BCUT2D eigenvalue weighted by Crippen LogP contribution is -2.06. The summed E-state index contributed by atoms with van der Waals surface area (Å²) in [4.78, 5) is 15.6. The minimum atomic E-state index is -0.125. The molecule has 1 amide bonds. The standard InChI is InChI=1S/C19H20N6O/c1-12-7-8-17(9-13(12)2)22-18-11-20-25-19(24-18)23-16-6-4-5-15(10-16)21-14(3)26/h4-11H,1-3H3,(H,21,26)(H2,22,23,24,25). The molecule has 0 spiro atoms. The molecule has 1 aromatic heterocycles. The maximum absolute atomic E-state index is 11.2. The molecule has 3 N–H and O–H groups in total. The molecule has 0 bridgehead atoms. The summed E-state index contributed by atoms with van der Waals surface area (Å²) in [7, 11) is 0. The van der Waals surface area contributed by atoms with Gasteiger partial charge in [0.05, 0.1) is 6.20 Å². The van der Waals surface area contributed by atoms with Gasteiger partial charge in [-0.2, -0.15) is 10.1 Å². The summed E-state index contributed by atoms with van der Waals surface area (Å²) in [6.07, 6.45) is 1.56. The lowest BCUT2D eigenvalue weighted by Gasteiger charge is -2.10. The van der Waals surface area contributed by atoms with Gasteiger partial charge in [0.15, 0.2) is 5.82 Å². The predicted molar refractivity (Wildman–Crippen MR) is 103 cm³/mol. The summed E-state index contributed by atoms with van der Waals surface area (Å²) in [5.74, 6) is 0.822. The Bertz CT molecular complexity index is 941. The Balaban J connectivity index is 1.75. The molecule has 1 heterocycles. The van der Waals surface area contributed by atoms with Crippen LogP contribution < -0.4 is 16.0 Å². The minimum absolute atomic E-state index is 0.125. The van der Waals surface area contributed by atoms with E-state index in [4.69, 9.17) is 0 Å². The van der Waals surface area contributed by atoms with Gasteiger partial charge in [0.2, 0.25) is 11.9 Å². The zero-order chi connectivity index (χ0) is 18.5. The highest BCUT2D eigenvalue weighted by Gasteiger charge is 2.04. The molecule has 26 heavy (non-hydrogen) atoms. The van der Waals surface area contributed by atoms with Crippen LogP contribution in [0.25, 0.3) is 0 Å². The lowest BCUT2D eigenvalue weighted by atomic mass is 10.1. The number of hydrogen-bond donors (Lipinski definition) is 3. The average Bonchev–Trinajstić information content (AvgIpc) is 2.58. The van der Waals surface area contributed by atoms with Crippen molar-refractivity contribution in [2.75, 3.05) is 16.0 Å². The fourth-order valence-electron chi connectivity index (χ4n) is 2.39. The lowest BCUT2D eigenvalue weighted by molar-refractivity contribution is -0.114. The van der Waals surface area contributed by atoms with Gasteiger partial charge in [-0.25, -0.2) is 0 Å². The van der Waals surface area contributed by atoms with Gasteiger partial charge >= 0.3 is 0 Å². The van der Waals surface area contributed by atoms with E-state index in [1.807, 2.05) is 24.3 Å². The number of benzene rings is 2. The quantitative estimate of drug-likeness (QED) is 0.647. The number of aryl methyl sites for hydroxylation is 2. The van der Waals surface area contributed by atoms with Gasteiger partial charge in [-0.15, -0.1) is 5.10 Å². The first-order valence-corrected chi connectivity index (χ1v) is 8.18. The van der Waals surface area contributed by atoms with Gasteiger partial charge in [-0.05, 0) is 55.3 Å². The number of hydrogen-bond acceptors (Lipinski definition) is 6. The van der Waals surface area contributed by atoms with E-state index < -0.39 is 0 Å². The van der Waals surface area contributed by atoms with Crippen molar-refractivity contribution in [3.8, 4) is 0 Å². The summed E-state index contributed by atoms with van der Waals surface area (Å²) in [6.45, 7) is 5.60. The summed E-state index contributed by atoms with van der Waals surface area (Å²) in [5, 5.41) is 17.0. The van der Waals surface area contributed by atoms with Crippen molar-refractivity contribution in [1.82, 2.24) is 15.2 Å². The molecule has 7 heteroatoms. The molecule has 0 unspecified atom stereocenters. The zero-order valence-corrected chi connectivity index (χ0v) is 14.9. The van der Waals surface area contributed by atoms with Crippen molar-refractivity contribution in [1.29, 1.82) is 0 Å². The molecule has 0 radical (unpaired) electrons. The number of carbonyl (C=O) groups is 1. The highest BCUT2D eigenvalue weighted by Crippen LogP contribution is 2.20. The Kier molecular flexibility index (Phi) is 5.07. The molecule has 0 saturated heterocycles. The monoisotopic (exact) mass is 348 g/mol. The van der Waals surface area contributed by atoms with Crippen molar-refractivity contribution in [3.63, 3.8) is 0 Å². The zero-order valence-electron chi connectivity index (χ0n) is 14.9. The van der Waals surface area contributed by atoms with Gasteiger partial charge in [0.25, 0.3) is 0 Å². The number of carbonyl (C=O) groups excluding carboxylic acids is 1. The molecule has 7 nitrogen and oxygen atoms in total. The largest absolute Gasteiger partial charge is 0.339 e. The molecule has 0 saturated carbocycles. The van der Waals surface area contributed by atoms with E-state index in [9.17, 15) is 4.79 Å².